The summed E-state index contributed by atoms with van der Waals surface area (Å²) >= 11 is 0. The van der Waals surface area contributed by atoms with Crippen molar-refractivity contribution in [1.29, 1.82) is 0 Å². The van der Waals surface area contributed by atoms with Gasteiger partial charge in [0.2, 0.25) is 0 Å². The molecule has 0 aromatic heterocycles. The number of ether oxygens (including phenoxy) is 2. The zero-order valence-corrected chi connectivity index (χ0v) is 21.8. The number of hydrogen-bond acceptors (Lipinski definition) is 6. The van der Waals surface area contributed by atoms with Gasteiger partial charge < -0.3 is 24.8 Å². The molecule has 2 N–H and O–H groups in total. The van der Waals surface area contributed by atoms with Crippen LogP contribution in [0.25, 0.3) is 0 Å². The monoisotopic (exact) mass is 535 g/mol. The number of hydrogen-bond donors (Lipinski definition) is 2. The number of aliphatic carboxylic acids is 1. The van der Waals surface area contributed by atoms with Crippen molar-refractivity contribution in [3.05, 3.63) is 100 Å². The summed E-state index contributed by atoms with van der Waals surface area (Å²) in [6.07, 6.45) is 0.905. The van der Waals surface area contributed by atoms with Crippen LogP contribution in [0.2, 0.25) is 0 Å². The lowest BCUT2D eigenvalue weighted by molar-refractivity contribution is -0.384. The van der Waals surface area contributed by atoms with Gasteiger partial charge in [0.25, 0.3) is 5.69 Å². The standard InChI is InChI=1S/C29H33N3O7/c1-2-38-27(28(33)34)21-23-10-16-26(17-11-23)39-20-19-31(18-6-9-22-7-4-3-5-8-22)29(35)30-24-12-14-25(15-13-24)32(36)37/h3-5,7-8,10-17,27H,2,6,9,18-21H2,1H3,(H,30,35)(H,33,34). The maximum atomic E-state index is 13.0. The summed E-state index contributed by atoms with van der Waals surface area (Å²) in [4.78, 5) is 36.4. The van der Waals surface area contributed by atoms with Crippen molar-refractivity contribution in [3.63, 3.8) is 0 Å². The minimum atomic E-state index is -1.00. The minimum absolute atomic E-state index is 0.0523. The number of nitrogens with one attached hydrogen (secondary N) is 1. The quantitative estimate of drug-likeness (QED) is 0.203. The molecule has 0 heterocycles. The maximum absolute atomic E-state index is 13.0. The van der Waals surface area contributed by atoms with Gasteiger partial charge in [-0.1, -0.05) is 42.5 Å². The fourth-order valence-corrected chi connectivity index (χ4v) is 3.93. The molecular weight excluding hydrogens is 502 g/mol. The van der Waals surface area contributed by atoms with Gasteiger partial charge in [-0.15, -0.1) is 0 Å². The van der Waals surface area contributed by atoms with Gasteiger partial charge in [0.05, 0.1) is 11.5 Å². The minimum Gasteiger partial charge on any atom is -0.492 e. The van der Waals surface area contributed by atoms with Crippen LogP contribution in [0.1, 0.15) is 24.5 Å². The first-order chi connectivity index (χ1) is 18.9. The number of rotatable bonds is 15. The van der Waals surface area contributed by atoms with E-state index in [1.165, 1.54) is 29.8 Å². The van der Waals surface area contributed by atoms with Gasteiger partial charge in [0, 0.05) is 37.4 Å². The molecule has 0 saturated carbocycles. The van der Waals surface area contributed by atoms with Crippen LogP contribution >= 0.6 is 0 Å². The molecule has 1 unspecified atom stereocenters. The first-order valence-electron chi connectivity index (χ1n) is 12.8. The van der Waals surface area contributed by atoms with Crippen molar-refractivity contribution < 1.29 is 29.1 Å². The first kappa shape index (κ1) is 29.1. The highest BCUT2D eigenvalue weighted by Crippen LogP contribution is 2.17. The normalized spacial score (nSPS) is 11.4. The molecule has 39 heavy (non-hydrogen) atoms. The van der Waals surface area contributed by atoms with Crippen molar-refractivity contribution in [3.8, 4) is 5.75 Å². The molecule has 206 valence electrons. The Balaban J connectivity index is 1.57. The topological polar surface area (TPSA) is 131 Å². The fourth-order valence-electron chi connectivity index (χ4n) is 3.93. The maximum Gasteiger partial charge on any atom is 0.333 e. The second-order valence-electron chi connectivity index (χ2n) is 8.79. The summed E-state index contributed by atoms with van der Waals surface area (Å²) < 4.78 is 11.1. The number of nitrogens with zero attached hydrogens (tertiary/aromatic N) is 2. The van der Waals surface area contributed by atoms with Crippen molar-refractivity contribution >= 4 is 23.4 Å². The Labute approximate surface area is 227 Å². The molecule has 0 radical (unpaired) electrons. The largest absolute Gasteiger partial charge is 0.492 e. The number of amides is 2. The molecule has 0 bridgehead atoms. The average molecular weight is 536 g/mol. The van der Waals surface area contributed by atoms with E-state index in [9.17, 15) is 24.8 Å². The van der Waals surface area contributed by atoms with Crippen LogP contribution in [-0.2, 0) is 22.4 Å². The summed E-state index contributed by atoms with van der Waals surface area (Å²) in [6.45, 7) is 3.13. The van der Waals surface area contributed by atoms with E-state index in [-0.39, 0.29) is 24.7 Å². The number of urea groups is 1. The van der Waals surface area contributed by atoms with Gasteiger partial charge in [-0.25, -0.2) is 9.59 Å². The van der Waals surface area contributed by atoms with E-state index in [0.717, 1.165) is 18.4 Å². The van der Waals surface area contributed by atoms with E-state index in [1.807, 2.05) is 30.3 Å². The number of carbonyl (C=O) groups is 2. The molecule has 3 aromatic rings. The summed E-state index contributed by atoms with van der Waals surface area (Å²) in [5.41, 5.74) is 2.40. The number of carbonyl (C=O) groups excluding carboxylic acids is 1. The molecule has 0 fully saturated rings. The Kier molecular flexibility index (Phi) is 11.3. The predicted molar refractivity (Wildman–Crippen MR) is 147 cm³/mol. The molecule has 3 aromatic carbocycles. The number of benzene rings is 3. The molecular formula is C29H33N3O7. The van der Waals surface area contributed by atoms with Crippen LogP contribution in [0.5, 0.6) is 5.75 Å². The number of anilines is 1. The summed E-state index contributed by atoms with van der Waals surface area (Å²) in [6, 6.07) is 22.5. The zero-order chi connectivity index (χ0) is 28.0. The van der Waals surface area contributed by atoms with Gasteiger partial charge in [-0.3, -0.25) is 10.1 Å². The summed E-state index contributed by atoms with van der Waals surface area (Å²) in [7, 11) is 0. The van der Waals surface area contributed by atoms with Crippen molar-refractivity contribution in [2.75, 3.05) is 31.6 Å². The van der Waals surface area contributed by atoms with E-state index in [0.29, 0.717) is 31.1 Å². The third kappa shape index (κ3) is 9.75. The number of carboxylic acids is 1. The van der Waals surface area contributed by atoms with Gasteiger partial charge in [0.1, 0.15) is 12.4 Å². The van der Waals surface area contributed by atoms with Crippen molar-refractivity contribution in [2.24, 2.45) is 0 Å². The van der Waals surface area contributed by atoms with E-state index in [2.05, 4.69) is 5.32 Å². The number of nitro benzene ring substituents is 1. The molecule has 10 nitrogen and oxygen atoms in total. The van der Waals surface area contributed by atoms with E-state index < -0.39 is 17.0 Å². The molecule has 1 atom stereocenters. The van der Waals surface area contributed by atoms with Gasteiger partial charge in [-0.05, 0) is 55.2 Å². The van der Waals surface area contributed by atoms with Crippen LogP contribution in [0.15, 0.2) is 78.9 Å². The average Bonchev–Trinajstić information content (AvgIpc) is 2.93. The molecule has 10 heteroatoms. The van der Waals surface area contributed by atoms with E-state index in [4.69, 9.17) is 9.47 Å². The van der Waals surface area contributed by atoms with Gasteiger partial charge in [0.15, 0.2) is 6.10 Å². The predicted octanol–water partition coefficient (Wildman–Crippen LogP) is 5.17. The molecule has 0 aliphatic carbocycles. The highest BCUT2D eigenvalue weighted by Gasteiger charge is 2.18. The second kappa shape index (κ2) is 15.1. The van der Waals surface area contributed by atoms with Gasteiger partial charge in [-0.2, -0.15) is 0 Å². The van der Waals surface area contributed by atoms with Crippen LogP contribution in [0.3, 0.4) is 0 Å². The third-order valence-corrected chi connectivity index (χ3v) is 5.97. The van der Waals surface area contributed by atoms with Crippen LogP contribution in [-0.4, -0.2) is 59.3 Å². The lowest BCUT2D eigenvalue weighted by Crippen LogP contribution is -2.38. The van der Waals surface area contributed by atoms with Crippen LogP contribution in [0, 0.1) is 10.1 Å². The Hall–Kier alpha value is -4.44. The Morgan fingerprint density at radius 3 is 2.28 bits per heavy atom. The molecule has 0 saturated heterocycles. The number of non-ortho nitro benzene ring substituents is 1. The SMILES string of the molecule is CCOC(Cc1ccc(OCCN(CCCc2ccccc2)C(=O)Nc2ccc([N+](=O)[O-])cc2)cc1)C(=O)O. The Morgan fingerprint density at radius 2 is 1.67 bits per heavy atom. The summed E-state index contributed by atoms with van der Waals surface area (Å²) in [5, 5.41) is 23.0. The smallest absolute Gasteiger partial charge is 0.333 e. The Morgan fingerprint density at radius 1 is 0.974 bits per heavy atom. The zero-order valence-electron chi connectivity index (χ0n) is 21.8. The lowest BCUT2D eigenvalue weighted by Gasteiger charge is -2.23. The van der Waals surface area contributed by atoms with Crippen LogP contribution in [0.4, 0.5) is 16.2 Å². The number of nitro groups is 1. The van der Waals surface area contributed by atoms with Crippen molar-refractivity contribution in [2.45, 2.75) is 32.3 Å². The third-order valence-electron chi connectivity index (χ3n) is 5.97. The van der Waals surface area contributed by atoms with E-state index >= 15 is 0 Å². The molecule has 0 aliphatic rings. The van der Waals surface area contributed by atoms with Crippen LogP contribution < -0.4 is 10.1 Å². The number of carboxylic acid groups (broad SMARTS) is 1. The highest BCUT2D eigenvalue weighted by molar-refractivity contribution is 5.89. The Bertz CT molecular complexity index is 1200. The summed E-state index contributed by atoms with van der Waals surface area (Å²) in [5.74, 6) is -0.404. The molecule has 3 rings (SSSR count). The highest BCUT2D eigenvalue weighted by atomic mass is 16.6. The molecule has 0 spiro atoms. The first-order valence-corrected chi connectivity index (χ1v) is 12.8. The fraction of sp³-hybridized carbons (Fsp3) is 0.310. The van der Waals surface area contributed by atoms with Gasteiger partial charge >= 0.3 is 12.0 Å². The molecule has 0 aliphatic heterocycles. The lowest BCUT2D eigenvalue weighted by atomic mass is 10.1. The number of aryl methyl sites for hydroxylation is 1. The van der Waals surface area contributed by atoms with Crippen molar-refractivity contribution in [1.82, 2.24) is 4.90 Å². The molecule has 2 amide bonds. The second-order valence-corrected chi connectivity index (χ2v) is 8.79. The van der Waals surface area contributed by atoms with E-state index in [1.54, 1.807) is 36.1 Å².